The molecule has 1 amide bonds. The Kier molecular flexibility index (Phi) is 7.22. The van der Waals surface area contributed by atoms with Crippen LogP contribution in [0.3, 0.4) is 0 Å². The van der Waals surface area contributed by atoms with Crippen molar-refractivity contribution in [3.8, 4) is 5.75 Å². The van der Waals surface area contributed by atoms with Crippen LogP contribution >= 0.6 is 35.4 Å². The third kappa shape index (κ3) is 5.32. The molecule has 2 aromatic carbocycles. The maximum Gasteiger partial charge on any atom is 0.261 e. The summed E-state index contributed by atoms with van der Waals surface area (Å²) in [5.41, 5.74) is 2.19. The number of halogens is 2. The molecule has 8 heteroatoms. The Morgan fingerprint density at radius 1 is 1.21 bits per heavy atom. The van der Waals surface area contributed by atoms with Gasteiger partial charge in [-0.2, -0.15) is 0 Å². The van der Waals surface area contributed by atoms with Gasteiger partial charge in [-0.1, -0.05) is 23.2 Å². The number of nitrogens with zero attached hydrogens (tertiary/aromatic N) is 1. The lowest BCUT2D eigenvalue weighted by Crippen LogP contribution is -2.37. The summed E-state index contributed by atoms with van der Waals surface area (Å²) in [7, 11) is 1.44. The van der Waals surface area contributed by atoms with Crippen LogP contribution in [0.4, 0.5) is 11.4 Å². The first-order valence-corrected chi connectivity index (χ1v) is 10.6. The van der Waals surface area contributed by atoms with Crippen molar-refractivity contribution in [2.75, 3.05) is 23.9 Å². The standard InChI is InChI=1S/C21H23Cl2N3O2S/c1-13-5-3-4-10-26(13)16-8-6-15(7-9-16)24-21(29)25-20(27)17-11-14(22)12-18(23)19(17)28-2/h6-9,11-13H,3-5,10H2,1-2H3,(H2,24,25,27,29). The second kappa shape index (κ2) is 9.65. The number of piperidine rings is 1. The highest BCUT2D eigenvalue weighted by Gasteiger charge is 2.19. The van der Waals surface area contributed by atoms with E-state index in [4.69, 9.17) is 40.2 Å². The van der Waals surface area contributed by atoms with Crippen LogP contribution in [0, 0.1) is 0 Å². The van der Waals surface area contributed by atoms with E-state index in [0.717, 1.165) is 12.2 Å². The summed E-state index contributed by atoms with van der Waals surface area (Å²) in [6.45, 7) is 3.33. The van der Waals surface area contributed by atoms with E-state index in [0.29, 0.717) is 11.1 Å². The molecule has 1 unspecified atom stereocenters. The first-order chi connectivity index (χ1) is 13.9. The average Bonchev–Trinajstić information content (AvgIpc) is 2.68. The van der Waals surface area contributed by atoms with Crippen molar-refractivity contribution >= 4 is 57.8 Å². The van der Waals surface area contributed by atoms with Crippen LogP contribution in [0.2, 0.25) is 10.0 Å². The van der Waals surface area contributed by atoms with Crippen LogP contribution < -0.4 is 20.3 Å². The predicted octanol–water partition coefficient (Wildman–Crippen LogP) is 5.51. The van der Waals surface area contributed by atoms with Gasteiger partial charge < -0.3 is 15.0 Å². The van der Waals surface area contributed by atoms with E-state index in [2.05, 4.69) is 34.6 Å². The number of carbonyl (C=O) groups is 1. The number of carbonyl (C=O) groups excluding carboxylic acids is 1. The second-order valence-corrected chi connectivity index (χ2v) is 8.21. The minimum absolute atomic E-state index is 0.173. The molecule has 3 rings (SSSR count). The zero-order valence-electron chi connectivity index (χ0n) is 16.3. The first kappa shape index (κ1) is 21.7. The van der Waals surface area contributed by atoms with E-state index >= 15 is 0 Å². The molecule has 154 valence electrons. The van der Waals surface area contributed by atoms with Gasteiger partial charge >= 0.3 is 0 Å². The van der Waals surface area contributed by atoms with Crippen molar-refractivity contribution in [2.45, 2.75) is 32.2 Å². The molecule has 2 aromatic rings. The van der Waals surface area contributed by atoms with Crippen LogP contribution in [0.1, 0.15) is 36.5 Å². The lowest BCUT2D eigenvalue weighted by atomic mass is 10.0. The van der Waals surface area contributed by atoms with E-state index in [1.807, 2.05) is 12.1 Å². The quantitative estimate of drug-likeness (QED) is 0.600. The van der Waals surface area contributed by atoms with E-state index < -0.39 is 5.91 Å². The molecule has 29 heavy (non-hydrogen) atoms. The molecular weight excluding hydrogens is 429 g/mol. The highest BCUT2D eigenvalue weighted by Crippen LogP contribution is 2.32. The molecule has 5 nitrogen and oxygen atoms in total. The Bertz CT molecular complexity index is 906. The van der Waals surface area contributed by atoms with Gasteiger partial charge in [0.2, 0.25) is 0 Å². The Balaban J connectivity index is 1.64. The van der Waals surface area contributed by atoms with Gasteiger partial charge in [0.15, 0.2) is 5.11 Å². The number of nitrogens with one attached hydrogen (secondary N) is 2. The van der Waals surface area contributed by atoms with Gasteiger partial charge in [0.05, 0.1) is 17.7 Å². The highest BCUT2D eigenvalue weighted by atomic mass is 35.5. The van der Waals surface area contributed by atoms with Crippen LogP contribution in [0.25, 0.3) is 0 Å². The molecule has 1 heterocycles. The van der Waals surface area contributed by atoms with Gasteiger partial charge in [0.1, 0.15) is 5.75 Å². The summed E-state index contributed by atoms with van der Waals surface area (Å²) >= 11 is 17.4. The topological polar surface area (TPSA) is 53.6 Å². The van der Waals surface area contributed by atoms with Crippen LogP contribution in [0.15, 0.2) is 36.4 Å². The second-order valence-electron chi connectivity index (χ2n) is 6.96. The van der Waals surface area contributed by atoms with E-state index in [-0.39, 0.29) is 21.4 Å². The smallest absolute Gasteiger partial charge is 0.261 e. The number of hydrogen-bond acceptors (Lipinski definition) is 4. The maximum atomic E-state index is 12.6. The highest BCUT2D eigenvalue weighted by molar-refractivity contribution is 7.80. The number of hydrogen-bond donors (Lipinski definition) is 2. The fraction of sp³-hybridized carbons (Fsp3) is 0.333. The molecular formula is C21H23Cl2N3O2S. The Morgan fingerprint density at radius 3 is 2.59 bits per heavy atom. The van der Waals surface area contributed by atoms with E-state index in [1.54, 1.807) is 0 Å². The summed E-state index contributed by atoms with van der Waals surface area (Å²) in [4.78, 5) is 15.0. The van der Waals surface area contributed by atoms with E-state index in [1.165, 1.54) is 44.2 Å². The van der Waals surface area contributed by atoms with Crippen molar-refractivity contribution in [1.29, 1.82) is 0 Å². The van der Waals surface area contributed by atoms with Gasteiger partial charge in [-0.25, -0.2) is 0 Å². The average molecular weight is 452 g/mol. The molecule has 1 fully saturated rings. The molecule has 0 aliphatic carbocycles. The molecule has 1 aliphatic rings. The van der Waals surface area contributed by atoms with Crippen molar-refractivity contribution in [3.05, 3.63) is 52.0 Å². The van der Waals surface area contributed by atoms with Crippen molar-refractivity contribution < 1.29 is 9.53 Å². The number of anilines is 2. The number of ether oxygens (including phenoxy) is 1. The van der Waals surface area contributed by atoms with Crippen LogP contribution in [-0.2, 0) is 0 Å². The SMILES string of the molecule is COc1c(Cl)cc(Cl)cc1C(=O)NC(=S)Nc1ccc(N2CCCCC2C)cc1. The molecule has 0 saturated carbocycles. The minimum atomic E-state index is -0.456. The van der Waals surface area contributed by atoms with E-state index in [9.17, 15) is 4.79 Å². The third-order valence-electron chi connectivity index (χ3n) is 4.94. The molecule has 0 aromatic heterocycles. The lowest BCUT2D eigenvalue weighted by molar-refractivity contribution is 0.0975. The summed E-state index contributed by atoms with van der Waals surface area (Å²) in [5.74, 6) is -0.209. The number of amides is 1. The number of thiocarbonyl (C=S) groups is 1. The summed E-state index contributed by atoms with van der Waals surface area (Å²) in [6, 6.07) is 11.6. The zero-order valence-corrected chi connectivity index (χ0v) is 18.6. The van der Waals surface area contributed by atoms with Gasteiger partial charge in [-0.15, -0.1) is 0 Å². The predicted molar refractivity (Wildman–Crippen MR) is 124 cm³/mol. The van der Waals surface area contributed by atoms with Crippen LogP contribution in [0.5, 0.6) is 5.75 Å². The number of benzene rings is 2. The Labute approximate surface area is 186 Å². The maximum absolute atomic E-state index is 12.6. The summed E-state index contributed by atoms with van der Waals surface area (Å²) < 4.78 is 5.21. The van der Waals surface area contributed by atoms with Crippen molar-refractivity contribution in [3.63, 3.8) is 0 Å². The normalized spacial score (nSPS) is 16.3. The fourth-order valence-electron chi connectivity index (χ4n) is 3.49. The molecule has 0 spiro atoms. The Morgan fingerprint density at radius 2 is 1.93 bits per heavy atom. The summed E-state index contributed by atoms with van der Waals surface area (Å²) in [5, 5.41) is 6.42. The van der Waals surface area contributed by atoms with Crippen molar-refractivity contribution in [2.24, 2.45) is 0 Å². The molecule has 0 bridgehead atoms. The monoisotopic (exact) mass is 451 g/mol. The van der Waals surface area contributed by atoms with Gasteiger partial charge in [0.25, 0.3) is 5.91 Å². The fourth-order valence-corrected chi connectivity index (χ4v) is 4.27. The lowest BCUT2D eigenvalue weighted by Gasteiger charge is -2.35. The summed E-state index contributed by atoms with van der Waals surface area (Å²) in [6.07, 6.45) is 3.72. The minimum Gasteiger partial charge on any atom is -0.494 e. The number of methoxy groups -OCH3 is 1. The van der Waals surface area contributed by atoms with Gasteiger partial charge in [0, 0.05) is 29.0 Å². The first-order valence-electron chi connectivity index (χ1n) is 9.41. The van der Waals surface area contributed by atoms with Crippen LogP contribution in [-0.4, -0.2) is 30.7 Å². The zero-order chi connectivity index (χ0) is 21.0. The van der Waals surface area contributed by atoms with Gasteiger partial charge in [-0.05, 0) is 74.8 Å². The Hall–Kier alpha value is -2.02. The molecule has 0 radical (unpaired) electrons. The third-order valence-corrected chi connectivity index (χ3v) is 5.65. The molecule has 1 aliphatic heterocycles. The molecule has 1 saturated heterocycles. The number of rotatable bonds is 4. The van der Waals surface area contributed by atoms with Gasteiger partial charge in [-0.3, -0.25) is 10.1 Å². The largest absolute Gasteiger partial charge is 0.494 e. The van der Waals surface area contributed by atoms with Crippen molar-refractivity contribution in [1.82, 2.24) is 5.32 Å². The molecule has 1 atom stereocenters. The molecule has 2 N–H and O–H groups in total.